The normalized spacial score (nSPS) is 26.2. The van der Waals surface area contributed by atoms with Gasteiger partial charge in [0.2, 0.25) is 0 Å². The van der Waals surface area contributed by atoms with E-state index in [1.165, 1.54) is 19.8 Å². The van der Waals surface area contributed by atoms with E-state index in [0.29, 0.717) is 24.3 Å². The van der Waals surface area contributed by atoms with Crippen molar-refractivity contribution in [2.24, 2.45) is 17.8 Å². The van der Waals surface area contributed by atoms with Crippen LogP contribution in [0, 0.1) is 17.8 Å². The molecule has 2 saturated carbocycles. The first kappa shape index (κ1) is 28.9. The number of carbonyl (C=O) groups is 2. The molecule has 1 amide bonds. The van der Waals surface area contributed by atoms with Crippen molar-refractivity contribution in [2.75, 3.05) is 26.2 Å². The van der Waals surface area contributed by atoms with E-state index in [0.717, 1.165) is 54.7 Å². The summed E-state index contributed by atoms with van der Waals surface area (Å²) in [6.07, 6.45) is 4.33. The molecule has 0 spiro atoms. The van der Waals surface area contributed by atoms with Crippen molar-refractivity contribution in [2.45, 2.75) is 70.4 Å². The van der Waals surface area contributed by atoms with Gasteiger partial charge < -0.3 is 19.6 Å². The van der Waals surface area contributed by atoms with Gasteiger partial charge in [0.15, 0.2) is 0 Å². The fourth-order valence-corrected chi connectivity index (χ4v) is 7.64. The van der Waals surface area contributed by atoms with Gasteiger partial charge in [0.25, 0.3) is 5.91 Å². The second-order valence-corrected chi connectivity index (χ2v) is 13.4. The zero-order valence-corrected chi connectivity index (χ0v) is 25.2. The lowest BCUT2D eigenvalue weighted by Gasteiger charge is -2.56. The topological polar surface area (TPSA) is 70.1 Å². The van der Waals surface area contributed by atoms with Crippen LogP contribution in [-0.4, -0.2) is 65.1 Å². The van der Waals surface area contributed by atoms with Crippen LogP contribution in [0.25, 0.3) is 10.8 Å². The minimum Gasteiger partial charge on any atom is -0.427 e. The number of hydrogen-bond donors (Lipinski definition) is 1. The number of aliphatic hydroxyl groups is 1. The molecule has 1 heterocycles. The molecule has 0 bridgehead atoms. The maximum Gasteiger partial charge on any atom is 0.308 e. The summed E-state index contributed by atoms with van der Waals surface area (Å²) in [5.74, 6) is 1.35. The lowest BCUT2D eigenvalue weighted by Crippen LogP contribution is -2.61. The van der Waals surface area contributed by atoms with Crippen LogP contribution in [0.1, 0.15) is 68.8 Å². The SMILES string of the molecule is CC(=O)Oc1cccc(C23CCN(CC4CC4)CC2C(O)CC(N(CC(C)C)C(=O)c2ccc4ccccc4c2)C3)c1. The molecule has 0 radical (unpaired) electrons. The molecule has 6 rings (SSSR count). The van der Waals surface area contributed by atoms with Crippen molar-refractivity contribution >= 4 is 22.6 Å². The molecule has 4 atom stereocenters. The molecule has 3 aliphatic rings. The van der Waals surface area contributed by atoms with Crippen molar-refractivity contribution in [1.82, 2.24) is 9.80 Å². The lowest BCUT2D eigenvalue weighted by molar-refractivity contribution is -0.131. The van der Waals surface area contributed by atoms with Gasteiger partial charge in [0, 0.05) is 49.5 Å². The predicted octanol–water partition coefficient (Wildman–Crippen LogP) is 6.06. The smallest absolute Gasteiger partial charge is 0.308 e. The summed E-state index contributed by atoms with van der Waals surface area (Å²) in [7, 11) is 0. The maximum atomic E-state index is 14.3. The number of aliphatic hydroxyl groups excluding tert-OH is 1. The van der Waals surface area contributed by atoms with Crippen molar-refractivity contribution in [3.05, 3.63) is 77.9 Å². The van der Waals surface area contributed by atoms with E-state index in [2.05, 4.69) is 30.9 Å². The summed E-state index contributed by atoms with van der Waals surface area (Å²) >= 11 is 0. The molecule has 222 valence electrons. The largest absolute Gasteiger partial charge is 0.427 e. The number of nitrogens with zero attached hydrogens (tertiary/aromatic N) is 2. The molecule has 6 nitrogen and oxygen atoms in total. The Labute approximate surface area is 249 Å². The quantitative estimate of drug-likeness (QED) is 0.264. The van der Waals surface area contributed by atoms with E-state index >= 15 is 0 Å². The van der Waals surface area contributed by atoms with Gasteiger partial charge in [-0.05, 0) is 91.1 Å². The third kappa shape index (κ3) is 5.97. The van der Waals surface area contributed by atoms with E-state index in [-0.39, 0.29) is 35.2 Å². The summed E-state index contributed by atoms with van der Waals surface area (Å²) < 4.78 is 5.51. The average Bonchev–Trinajstić information content (AvgIpc) is 3.79. The molecule has 1 saturated heterocycles. The highest BCUT2D eigenvalue weighted by atomic mass is 16.5. The van der Waals surface area contributed by atoms with Crippen molar-refractivity contribution < 1.29 is 19.4 Å². The Morgan fingerprint density at radius 1 is 1.05 bits per heavy atom. The van der Waals surface area contributed by atoms with Crippen LogP contribution >= 0.6 is 0 Å². The third-order valence-corrected chi connectivity index (χ3v) is 9.76. The highest BCUT2D eigenvalue weighted by Crippen LogP contribution is 2.51. The molecule has 4 unspecified atom stereocenters. The van der Waals surface area contributed by atoms with Gasteiger partial charge in [0.05, 0.1) is 6.10 Å². The fourth-order valence-electron chi connectivity index (χ4n) is 7.64. The highest BCUT2D eigenvalue weighted by molar-refractivity contribution is 5.98. The number of fused-ring (bicyclic) bond motifs is 2. The maximum absolute atomic E-state index is 14.3. The van der Waals surface area contributed by atoms with E-state index in [4.69, 9.17) is 4.74 Å². The molecule has 3 aromatic carbocycles. The van der Waals surface area contributed by atoms with Crippen molar-refractivity contribution in [3.63, 3.8) is 0 Å². The van der Waals surface area contributed by atoms with Crippen molar-refractivity contribution in [3.8, 4) is 5.75 Å². The van der Waals surface area contributed by atoms with Crippen LogP contribution in [0.4, 0.5) is 0 Å². The van der Waals surface area contributed by atoms with Crippen molar-refractivity contribution in [1.29, 1.82) is 0 Å². The molecular formula is C36H44N2O4. The first-order valence-electron chi connectivity index (χ1n) is 15.7. The Morgan fingerprint density at radius 2 is 1.83 bits per heavy atom. The van der Waals surface area contributed by atoms with Crippen LogP contribution in [0.3, 0.4) is 0 Å². The molecule has 1 aliphatic heterocycles. The summed E-state index contributed by atoms with van der Waals surface area (Å²) in [5.41, 5.74) is 1.47. The summed E-state index contributed by atoms with van der Waals surface area (Å²) in [4.78, 5) is 30.7. The Kier molecular flexibility index (Phi) is 8.12. The predicted molar refractivity (Wildman–Crippen MR) is 166 cm³/mol. The number of likely N-dealkylation sites (tertiary alicyclic amines) is 1. The van der Waals surface area contributed by atoms with Gasteiger partial charge in [0.1, 0.15) is 5.75 Å². The molecule has 3 aromatic rings. The second kappa shape index (κ2) is 11.8. The summed E-state index contributed by atoms with van der Waals surface area (Å²) in [5, 5.41) is 14.1. The number of hydrogen-bond acceptors (Lipinski definition) is 5. The molecule has 6 heteroatoms. The molecular weight excluding hydrogens is 524 g/mol. The molecule has 0 aromatic heterocycles. The Bertz CT molecular complexity index is 1450. The fraction of sp³-hybridized carbons (Fsp3) is 0.500. The standard InChI is InChI=1S/C36H44N2O4/c1-24(2)21-38(35(41)29-14-13-27-7-4-5-8-28(27)17-29)31-19-34(40)33-23-37(22-26-11-12-26)16-15-36(33,20-31)30-9-6-10-32(18-30)42-25(3)39/h4-10,13-14,17-18,24,26,31,33-34,40H,11-12,15-16,19-23H2,1-3H3. The zero-order valence-electron chi connectivity index (χ0n) is 25.2. The molecule has 1 N–H and O–H groups in total. The number of ether oxygens (including phenoxy) is 1. The number of benzene rings is 3. The number of carbonyl (C=O) groups excluding carboxylic acids is 2. The summed E-state index contributed by atoms with van der Waals surface area (Å²) in [6.45, 7) is 9.28. The molecule has 3 fully saturated rings. The Morgan fingerprint density at radius 3 is 2.57 bits per heavy atom. The van der Waals surface area contributed by atoms with Gasteiger partial charge in [-0.2, -0.15) is 0 Å². The van der Waals surface area contributed by atoms with Crippen LogP contribution < -0.4 is 4.74 Å². The van der Waals surface area contributed by atoms with Gasteiger partial charge in [-0.3, -0.25) is 9.59 Å². The number of rotatable bonds is 8. The zero-order chi connectivity index (χ0) is 29.4. The van der Waals surface area contributed by atoms with Gasteiger partial charge in [-0.15, -0.1) is 0 Å². The third-order valence-electron chi connectivity index (χ3n) is 9.76. The van der Waals surface area contributed by atoms with Crippen LogP contribution in [0.15, 0.2) is 66.7 Å². The monoisotopic (exact) mass is 568 g/mol. The van der Waals surface area contributed by atoms with Gasteiger partial charge in [-0.1, -0.05) is 56.3 Å². The average molecular weight is 569 g/mol. The number of piperidine rings is 1. The number of amides is 1. The van der Waals surface area contributed by atoms with Crippen LogP contribution in [-0.2, 0) is 10.2 Å². The minimum absolute atomic E-state index is 0.0279. The lowest BCUT2D eigenvalue weighted by atomic mass is 9.56. The van der Waals surface area contributed by atoms with E-state index in [9.17, 15) is 14.7 Å². The summed E-state index contributed by atoms with van der Waals surface area (Å²) in [6, 6.07) is 21.9. The Balaban J connectivity index is 1.36. The molecule has 2 aliphatic carbocycles. The van der Waals surface area contributed by atoms with E-state index in [1.807, 2.05) is 59.5 Å². The first-order valence-corrected chi connectivity index (χ1v) is 15.7. The molecule has 42 heavy (non-hydrogen) atoms. The Hall–Kier alpha value is -3.22. The second-order valence-electron chi connectivity index (χ2n) is 13.4. The van der Waals surface area contributed by atoms with Crippen LogP contribution in [0.5, 0.6) is 5.75 Å². The first-order chi connectivity index (χ1) is 20.2. The van der Waals surface area contributed by atoms with Gasteiger partial charge in [-0.25, -0.2) is 0 Å². The van der Waals surface area contributed by atoms with Gasteiger partial charge >= 0.3 is 5.97 Å². The highest BCUT2D eigenvalue weighted by Gasteiger charge is 2.53. The minimum atomic E-state index is -0.540. The van der Waals surface area contributed by atoms with E-state index in [1.54, 1.807) is 0 Å². The van der Waals surface area contributed by atoms with E-state index < -0.39 is 6.10 Å². The van der Waals surface area contributed by atoms with Crippen LogP contribution in [0.2, 0.25) is 0 Å². The number of esters is 1.